The van der Waals surface area contributed by atoms with Crippen LogP contribution in [0.2, 0.25) is 0 Å². The summed E-state index contributed by atoms with van der Waals surface area (Å²) in [5.74, 6) is 0. The summed E-state index contributed by atoms with van der Waals surface area (Å²) in [5.41, 5.74) is 0. The second-order valence-electron chi connectivity index (χ2n) is 3.06. The van der Waals surface area contributed by atoms with Gasteiger partial charge in [-0.2, -0.15) is 5.26 Å². The van der Waals surface area contributed by atoms with E-state index >= 15 is 0 Å². The Morgan fingerprint density at radius 1 is 1.82 bits per heavy atom. The van der Waals surface area contributed by atoms with E-state index in [1.807, 2.05) is 6.92 Å². The molecule has 2 unspecified atom stereocenters. The third kappa shape index (κ3) is 1.70. The summed E-state index contributed by atoms with van der Waals surface area (Å²) < 4.78 is 0. The van der Waals surface area contributed by atoms with Gasteiger partial charge in [0.2, 0.25) is 0 Å². The Hall–Kier alpha value is -0.590. The summed E-state index contributed by atoms with van der Waals surface area (Å²) in [5, 5.41) is 17.6. The molecule has 0 amide bonds. The second kappa shape index (κ2) is 3.70. The molecule has 0 aliphatic carbocycles. The number of aliphatic hydroxyl groups excluding tert-OH is 1. The molecule has 0 aromatic heterocycles. The fraction of sp³-hybridized carbons (Fsp3) is 0.875. The first-order valence-corrected chi connectivity index (χ1v) is 4.05. The zero-order valence-corrected chi connectivity index (χ0v) is 6.82. The van der Waals surface area contributed by atoms with Crippen LogP contribution in [0.15, 0.2) is 0 Å². The highest BCUT2D eigenvalue weighted by Gasteiger charge is 2.27. The van der Waals surface area contributed by atoms with Gasteiger partial charge >= 0.3 is 0 Å². The second-order valence-corrected chi connectivity index (χ2v) is 3.06. The van der Waals surface area contributed by atoms with Crippen molar-refractivity contribution in [3.8, 4) is 6.07 Å². The summed E-state index contributed by atoms with van der Waals surface area (Å²) in [4.78, 5) is 2.07. The minimum absolute atomic E-state index is 0.0390. The van der Waals surface area contributed by atoms with Crippen molar-refractivity contribution in [3.05, 3.63) is 0 Å². The third-order valence-electron chi connectivity index (χ3n) is 2.27. The molecule has 1 fully saturated rings. The van der Waals surface area contributed by atoms with E-state index in [-0.39, 0.29) is 18.7 Å². The highest BCUT2D eigenvalue weighted by molar-refractivity contribution is 4.97. The Morgan fingerprint density at radius 3 is 3.09 bits per heavy atom. The van der Waals surface area contributed by atoms with E-state index in [0.29, 0.717) is 0 Å². The van der Waals surface area contributed by atoms with Gasteiger partial charge in [0.1, 0.15) is 0 Å². The maximum absolute atomic E-state index is 8.86. The fourth-order valence-corrected chi connectivity index (χ4v) is 1.56. The van der Waals surface area contributed by atoms with Crippen LogP contribution in [0.25, 0.3) is 0 Å². The number of hydrogen-bond donors (Lipinski definition) is 1. The number of hydrogen-bond acceptors (Lipinski definition) is 3. The average Bonchev–Trinajstić information content (AvgIpc) is 2.50. The molecule has 2 atom stereocenters. The van der Waals surface area contributed by atoms with Crippen LogP contribution in [0.5, 0.6) is 0 Å². The van der Waals surface area contributed by atoms with Gasteiger partial charge in [0.25, 0.3) is 0 Å². The van der Waals surface area contributed by atoms with E-state index in [4.69, 9.17) is 10.4 Å². The SMILES string of the molecule is CC(CO)N1CCCC1C#N. The standard InChI is InChI=1S/C8H14N2O/c1-7(6-11)10-4-2-3-8(10)5-9/h7-8,11H,2-4,6H2,1H3. The molecule has 0 saturated carbocycles. The molecule has 62 valence electrons. The molecule has 0 aromatic carbocycles. The number of rotatable bonds is 2. The van der Waals surface area contributed by atoms with Crippen LogP contribution >= 0.6 is 0 Å². The predicted molar refractivity (Wildman–Crippen MR) is 41.9 cm³/mol. The predicted octanol–water partition coefficient (Wildman–Crippen LogP) is 0.355. The minimum Gasteiger partial charge on any atom is -0.395 e. The summed E-state index contributed by atoms with van der Waals surface area (Å²) >= 11 is 0. The first kappa shape index (κ1) is 8.51. The lowest BCUT2D eigenvalue weighted by molar-refractivity contribution is 0.141. The van der Waals surface area contributed by atoms with Crippen LogP contribution in [0.1, 0.15) is 19.8 Å². The molecule has 0 spiro atoms. The average molecular weight is 154 g/mol. The van der Waals surface area contributed by atoms with Crippen LogP contribution in [0.3, 0.4) is 0 Å². The Balaban J connectivity index is 2.51. The molecule has 3 nitrogen and oxygen atoms in total. The molecule has 0 aromatic rings. The van der Waals surface area contributed by atoms with Crippen molar-refractivity contribution in [2.24, 2.45) is 0 Å². The Bertz CT molecular complexity index is 164. The molecule has 1 heterocycles. The molecule has 3 heteroatoms. The van der Waals surface area contributed by atoms with Crippen LogP contribution in [0, 0.1) is 11.3 Å². The summed E-state index contributed by atoms with van der Waals surface area (Å²) in [6.45, 7) is 3.06. The highest BCUT2D eigenvalue weighted by Crippen LogP contribution is 2.18. The van der Waals surface area contributed by atoms with Crippen LogP contribution < -0.4 is 0 Å². The lowest BCUT2D eigenvalue weighted by Gasteiger charge is -2.24. The van der Waals surface area contributed by atoms with E-state index in [1.165, 1.54) is 0 Å². The quantitative estimate of drug-likeness (QED) is 0.624. The van der Waals surface area contributed by atoms with Crippen molar-refractivity contribution in [2.75, 3.05) is 13.2 Å². The topological polar surface area (TPSA) is 47.3 Å². The van der Waals surface area contributed by atoms with Gasteiger partial charge in [-0.25, -0.2) is 0 Å². The normalized spacial score (nSPS) is 28.3. The van der Waals surface area contributed by atoms with E-state index < -0.39 is 0 Å². The van der Waals surface area contributed by atoms with Gasteiger partial charge in [-0.1, -0.05) is 0 Å². The maximum atomic E-state index is 8.86. The van der Waals surface area contributed by atoms with E-state index in [2.05, 4.69) is 11.0 Å². The molecule has 0 radical (unpaired) electrons. The van der Waals surface area contributed by atoms with E-state index in [1.54, 1.807) is 0 Å². The summed E-state index contributed by atoms with van der Waals surface area (Å²) in [7, 11) is 0. The largest absolute Gasteiger partial charge is 0.395 e. The van der Waals surface area contributed by atoms with Gasteiger partial charge in [0, 0.05) is 6.04 Å². The van der Waals surface area contributed by atoms with Gasteiger partial charge < -0.3 is 5.11 Å². The Labute approximate surface area is 67.2 Å². The van der Waals surface area contributed by atoms with Gasteiger partial charge in [0.05, 0.1) is 18.7 Å². The lowest BCUT2D eigenvalue weighted by Crippen LogP contribution is -2.38. The van der Waals surface area contributed by atoms with Crippen molar-refractivity contribution in [1.29, 1.82) is 5.26 Å². The molecule has 0 bridgehead atoms. The molecule has 1 N–H and O–H groups in total. The smallest absolute Gasteiger partial charge is 0.0981 e. The number of likely N-dealkylation sites (tertiary alicyclic amines) is 1. The number of nitriles is 1. The van der Waals surface area contributed by atoms with E-state index in [9.17, 15) is 0 Å². The number of aliphatic hydroxyl groups is 1. The van der Waals surface area contributed by atoms with Gasteiger partial charge in [-0.3, -0.25) is 4.90 Å². The summed E-state index contributed by atoms with van der Waals surface area (Å²) in [6.07, 6.45) is 2.05. The van der Waals surface area contributed by atoms with Crippen LogP contribution in [0.4, 0.5) is 0 Å². The van der Waals surface area contributed by atoms with Crippen molar-refractivity contribution >= 4 is 0 Å². The van der Waals surface area contributed by atoms with Gasteiger partial charge in [-0.15, -0.1) is 0 Å². The first-order chi connectivity index (χ1) is 5.29. The molecule has 11 heavy (non-hydrogen) atoms. The lowest BCUT2D eigenvalue weighted by atomic mass is 10.2. The molecule has 1 rings (SSSR count). The monoisotopic (exact) mass is 154 g/mol. The van der Waals surface area contributed by atoms with Gasteiger partial charge in [-0.05, 0) is 26.3 Å². The first-order valence-electron chi connectivity index (χ1n) is 4.05. The van der Waals surface area contributed by atoms with Gasteiger partial charge in [0.15, 0.2) is 0 Å². The highest BCUT2D eigenvalue weighted by atomic mass is 16.3. The number of nitrogens with zero attached hydrogens (tertiary/aromatic N) is 2. The van der Waals surface area contributed by atoms with Crippen LogP contribution in [-0.2, 0) is 0 Å². The van der Waals surface area contributed by atoms with Crippen molar-refractivity contribution in [3.63, 3.8) is 0 Å². The fourth-order valence-electron chi connectivity index (χ4n) is 1.56. The van der Waals surface area contributed by atoms with Crippen molar-refractivity contribution in [2.45, 2.75) is 31.8 Å². The third-order valence-corrected chi connectivity index (χ3v) is 2.27. The van der Waals surface area contributed by atoms with Crippen molar-refractivity contribution in [1.82, 2.24) is 4.90 Å². The molecular weight excluding hydrogens is 140 g/mol. The Kier molecular flexibility index (Phi) is 2.86. The van der Waals surface area contributed by atoms with E-state index in [0.717, 1.165) is 19.4 Å². The summed E-state index contributed by atoms with van der Waals surface area (Å²) in [6, 6.07) is 2.42. The Morgan fingerprint density at radius 2 is 2.55 bits per heavy atom. The van der Waals surface area contributed by atoms with Crippen LogP contribution in [-0.4, -0.2) is 35.2 Å². The molecule has 1 aliphatic heterocycles. The maximum Gasteiger partial charge on any atom is 0.0981 e. The zero-order chi connectivity index (χ0) is 8.27. The zero-order valence-electron chi connectivity index (χ0n) is 6.82. The minimum atomic E-state index is 0.0390. The molecule has 1 saturated heterocycles. The van der Waals surface area contributed by atoms with Crippen molar-refractivity contribution < 1.29 is 5.11 Å². The molecular formula is C8H14N2O. The molecule has 1 aliphatic rings.